The Morgan fingerprint density at radius 1 is 0.966 bits per heavy atom. The van der Waals surface area contributed by atoms with Gasteiger partial charge in [0.1, 0.15) is 0 Å². The summed E-state index contributed by atoms with van der Waals surface area (Å²) in [5, 5.41) is 19.4. The van der Waals surface area contributed by atoms with Gasteiger partial charge in [-0.25, -0.2) is 9.31 Å². The molecule has 2 aromatic heterocycles. The zero-order chi connectivity index (χ0) is 20.4. The zero-order valence-electron chi connectivity index (χ0n) is 15.5. The van der Waals surface area contributed by atoms with Gasteiger partial charge in [0.05, 0.1) is 5.56 Å². The van der Waals surface area contributed by atoms with E-state index in [4.69, 9.17) is 5.11 Å². The molecule has 8 nitrogen and oxygen atoms in total. The highest BCUT2D eigenvalue weighted by molar-refractivity contribution is 5.89. The van der Waals surface area contributed by atoms with E-state index in [0.717, 1.165) is 16.8 Å². The van der Waals surface area contributed by atoms with Gasteiger partial charge in [-0.1, -0.05) is 12.1 Å². The molecule has 8 heteroatoms. The molecule has 2 aromatic carbocycles. The molecule has 1 amide bonds. The minimum Gasteiger partial charge on any atom is -0.478 e. The predicted octanol–water partition coefficient (Wildman–Crippen LogP) is 3.80. The summed E-state index contributed by atoms with van der Waals surface area (Å²) in [7, 11) is 0. The normalized spacial score (nSPS) is 10.7. The van der Waals surface area contributed by atoms with Crippen molar-refractivity contribution in [3.63, 3.8) is 0 Å². The summed E-state index contributed by atoms with van der Waals surface area (Å²) in [5.74, 6) is -0.670. The number of benzene rings is 2. The molecule has 144 valence electrons. The summed E-state index contributed by atoms with van der Waals surface area (Å²) < 4.78 is 1.66. The Hall–Kier alpha value is -4.20. The lowest BCUT2D eigenvalue weighted by molar-refractivity contribution is -0.114. The highest BCUT2D eigenvalue weighted by Gasteiger charge is 2.11. The van der Waals surface area contributed by atoms with Gasteiger partial charge in [0.25, 0.3) is 0 Å². The van der Waals surface area contributed by atoms with Crippen LogP contribution in [-0.2, 0) is 4.79 Å². The fourth-order valence-corrected chi connectivity index (χ4v) is 2.95. The molecule has 0 spiro atoms. The van der Waals surface area contributed by atoms with E-state index in [1.54, 1.807) is 47.1 Å². The lowest BCUT2D eigenvalue weighted by Crippen LogP contribution is -2.05. The molecule has 0 saturated heterocycles. The third-order valence-electron chi connectivity index (χ3n) is 4.27. The molecule has 0 aliphatic rings. The average Bonchev–Trinajstić information content (AvgIpc) is 3.11. The van der Waals surface area contributed by atoms with Gasteiger partial charge in [-0.15, -0.1) is 5.10 Å². The summed E-state index contributed by atoms with van der Waals surface area (Å²) in [4.78, 5) is 26.7. The maximum absolute atomic E-state index is 11.1. The topological polar surface area (TPSA) is 109 Å². The smallest absolute Gasteiger partial charge is 0.335 e. The average molecular weight is 387 g/mol. The number of hydrogen-bond donors (Lipinski definition) is 3. The van der Waals surface area contributed by atoms with Crippen molar-refractivity contribution < 1.29 is 14.7 Å². The Morgan fingerprint density at radius 2 is 1.66 bits per heavy atom. The lowest BCUT2D eigenvalue weighted by Gasteiger charge is -2.04. The van der Waals surface area contributed by atoms with Crippen LogP contribution in [0.4, 0.5) is 17.3 Å². The molecule has 0 unspecified atom stereocenters. The fourth-order valence-electron chi connectivity index (χ4n) is 2.95. The fraction of sp³-hybridized carbons (Fsp3) is 0.0476. The number of aromatic carboxylic acids is 1. The number of nitrogens with one attached hydrogen (secondary N) is 2. The van der Waals surface area contributed by atoms with E-state index in [1.165, 1.54) is 6.92 Å². The number of amides is 1. The number of fused-ring (bicyclic) bond motifs is 1. The highest BCUT2D eigenvalue weighted by Crippen LogP contribution is 2.25. The van der Waals surface area contributed by atoms with Crippen molar-refractivity contribution in [2.45, 2.75) is 6.92 Å². The Labute approximate surface area is 165 Å². The van der Waals surface area contributed by atoms with Crippen LogP contribution >= 0.6 is 0 Å². The largest absolute Gasteiger partial charge is 0.478 e. The van der Waals surface area contributed by atoms with Crippen LogP contribution in [-0.4, -0.2) is 31.6 Å². The monoisotopic (exact) mass is 387 g/mol. The summed E-state index contributed by atoms with van der Waals surface area (Å²) in [6, 6.07) is 17.6. The molecule has 0 fully saturated rings. The molecule has 0 saturated carbocycles. The number of hydrogen-bond acceptors (Lipinski definition) is 5. The van der Waals surface area contributed by atoms with Crippen LogP contribution in [0.2, 0.25) is 0 Å². The number of carbonyl (C=O) groups excluding carboxylic acids is 1. The molecule has 0 radical (unpaired) electrons. The van der Waals surface area contributed by atoms with E-state index in [2.05, 4.69) is 20.7 Å². The molecule has 0 aliphatic carbocycles. The number of anilines is 3. The molecule has 3 N–H and O–H groups in total. The van der Waals surface area contributed by atoms with Crippen molar-refractivity contribution in [2.24, 2.45) is 0 Å². The van der Waals surface area contributed by atoms with E-state index >= 15 is 0 Å². The molecule has 4 rings (SSSR count). The first-order valence-electron chi connectivity index (χ1n) is 8.83. The van der Waals surface area contributed by atoms with Gasteiger partial charge >= 0.3 is 5.97 Å². The first-order valence-corrected chi connectivity index (χ1v) is 8.83. The Morgan fingerprint density at radius 3 is 2.31 bits per heavy atom. The van der Waals surface area contributed by atoms with E-state index < -0.39 is 5.97 Å². The number of carbonyl (C=O) groups is 2. The standard InChI is InChI=1S/C21H17N5O3/c1-13(27)22-16-8-10-17(11-9-16)23-21-24-19-18(3-2-12-26(19)25-21)14-4-6-15(7-5-14)20(28)29/h2-12H,1H3,(H,22,27)(H,23,25)(H,28,29). The number of carboxylic acid groups (broad SMARTS) is 1. The number of nitrogens with zero attached hydrogens (tertiary/aromatic N) is 3. The summed E-state index contributed by atoms with van der Waals surface area (Å²) in [6.45, 7) is 1.46. The van der Waals surface area contributed by atoms with Gasteiger partial charge in [0, 0.05) is 30.1 Å². The van der Waals surface area contributed by atoms with Gasteiger partial charge in [0.2, 0.25) is 11.9 Å². The van der Waals surface area contributed by atoms with Gasteiger partial charge in [-0.2, -0.15) is 4.98 Å². The Balaban J connectivity index is 1.62. The van der Waals surface area contributed by atoms with Crippen molar-refractivity contribution in [1.82, 2.24) is 14.6 Å². The number of rotatable bonds is 5. The minimum absolute atomic E-state index is 0.128. The maximum atomic E-state index is 11.1. The van der Waals surface area contributed by atoms with Crippen molar-refractivity contribution in [3.05, 3.63) is 72.4 Å². The van der Waals surface area contributed by atoms with Crippen LogP contribution in [0.5, 0.6) is 0 Å². The van der Waals surface area contributed by atoms with Crippen molar-refractivity contribution in [3.8, 4) is 11.1 Å². The van der Waals surface area contributed by atoms with Crippen molar-refractivity contribution >= 4 is 34.8 Å². The molecule has 4 aromatic rings. The zero-order valence-corrected chi connectivity index (χ0v) is 15.5. The van der Waals surface area contributed by atoms with E-state index in [9.17, 15) is 9.59 Å². The molecule has 29 heavy (non-hydrogen) atoms. The quantitative estimate of drug-likeness (QED) is 0.481. The molecular formula is C21H17N5O3. The third-order valence-corrected chi connectivity index (χ3v) is 4.27. The molecule has 0 atom stereocenters. The van der Waals surface area contributed by atoms with Crippen LogP contribution in [0.15, 0.2) is 66.9 Å². The molecular weight excluding hydrogens is 370 g/mol. The van der Waals surface area contributed by atoms with Gasteiger partial charge in [-0.3, -0.25) is 4.79 Å². The van der Waals surface area contributed by atoms with E-state index in [0.29, 0.717) is 17.3 Å². The molecule has 0 aliphatic heterocycles. The van der Waals surface area contributed by atoms with Crippen LogP contribution in [0.25, 0.3) is 16.8 Å². The van der Waals surface area contributed by atoms with Crippen LogP contribution in [0.3, 0.4) is 0 Å². The van der Waals surface area contributed by atoms with Crippen LogP contribution in [0, 0.1) is 0 Å². The lowest BCUT2D eigenvalue weighted by atomic mass is 10.1. The molecule has 2 heterocycles. The first-order chi connectivity index (χ1) is 14.0. The van der Waals surface area contributed by atoms with Crippen LogP contribution in [0.1, 0.15) is 17.3 Å². The molecule has 0 bridgehead atoms. The minimum atomic E-state index is -0.965. The van der Waals surface area contributed by atoms with Crippen molar-refractivity contribution in [2.75, 3.05) is 10.6 Å². The second-order valence-electron chi connectivity index (χ2n) is 6.39. The Bertz CT molecular complexity index is 1200. The number of carboxylic acids is 1. The van der Waals surface area contributed by atoms with Gasteiger partial charge in [0.15, 0.2) is 5.65 Å². The Kier molecular flexibility index (Phi) is 4.66. The van der Waals surface area contributed by atoms with Crippen LogP contribution < -0.4 is 10.6 Å². The highest BCUT2D eigenvalue weighted by atomic mass is 16.4. The second kappa shape index (κ2) is 7.43. The first kappa shape index (κ1) is 18.2. The summed E-state index contributed by atoms with van der Waals surface area (Å²) in [6.07, 6.45) is 1.79. The third kappa shape index (κ3) is 3.91. The van der Waals surface area contributed by atoms with Crippen molar-refractivity contribution in [1.29, 1.82) is 0 Å². The SMILES string of the molecule is CC(=O)Nc1ccc(Nc2nc3c(-c4ccc(C(=O)O)cc4)cccn3n2)cc1. The maximum Gasteiger partial charge on any atom is 0.335 e. The number of pyridine rings is 1. The van der Waals surface area contributed by atoms with E-state index in [1.807, 2.05) is 24.3 Å². The van der Waals surface area contributed by atoms with Gasteiger partial charge in [-0.05, 0) is 54.1 Å². The number of aromatic nitrogens is 3. The summed E-state index contributed by atoms with van der Waals surface area (Å²) in [5.41, 5.74) is 4.05. The summed E-state index contributed by atoms with van der Waals surface area (Å²) >= 11 is 0. The van der Waals surface area contributed by atoms with Gasteiger partial charge < -0.3 is 15.7 Å². The second-order valence-corrected chi connectivity index (χ2v) is 6.39. The predicted molar refractivity (Wildman–Crippen MR) is 109 cm³/mol. The van der Waals surface area contributed by atoms with E-state index in [-0.39, 0.29) is 11.5 Å².